The van der Waals surface area contributed by atoms with Gasteiger partial charge >= 0.3 is 0 Å². The van der Waals surface area contributed by atoms with Gasteiger partial charge in [-0.15, -0.1) is 0 Å². The van der Waals surface area contributed by atoms with Gasteiger partial charge in [0.15, 0.2) is 0 Å². The highest BCUT2D eigenvalue weighted by Crippen LogP contribution is 2.66. The van der Waals surface area contributed by atoms with E-state index in [4.69, 9.17) is 19.9 Å². The second kappa shape index (κ2) is 17.0. The molecular formula is C44H55N7. The van der Waals surface area contributed by atoms with E-state index in [2.05, 4.69) is 155 Å². The number of nitrogens with one attached hydrogen (secondary N) is 3. The van der Waals surface area contributed by atoms with Crippen LogP contribution in [-0.4, -0.2) is 33.0 Å². The first-order chi connectivity index (χ1) is 24.7. The molecule has 266 valence electrons. The van der Waals surface area contributed by atoms with Gasteiger partial charge in [0.1, 0.15) is 17.5 Å². The smallest absolute Gasteiger partial charge is 0.225 e. The molecule has 5 aromatic rings. The van der Waals surface area contributed by atoms with E-state index >= 15 is 0 Å². The van der Waals surface area contributed by atoms with Gasteiger partial charge in [-0.3, -0.25) is 0 Å². The molecule has 0 unspecified atom stereocenters. The zero-order valence-corrected chi connectivity index (χ0v) is 31.2. The lowest BCUT2D eigenvalue weighted by Crippen LogP contribution is -2.41. The van der Waals surface area contributed by atoms with Crippen LogP contribution < -0.4 is 16.0 Å². The van der Waals surface area contributed by atoms with Crippen molar-refractivity contribution in [1.82, 2.24) is 19.9 Å². The van der Waals surface area contributed by atoms with E-state index < -0.39 is 0 Å². The van der Waals surface area contributed by atoms with Crippen molar-refractivity contribution in [3.05, 3.63) is 137 Å². The Bertz CT molecular complexity index is 1730. The molecule has 0 amide bonds. The van der Waals surface area contributed by atoms with Gasteiger partial charge in [-0.1, -0.05) is 133 Å². The predicted molar refractivity (Wildman–Crippen MR) is 211 cm³/mol. The van der Waals surface area contributed by atoms with Crippen molar-refractivity contribution < 1.29 is 0 Å². The Labute approximate surface area is 305 Å². The lowest BCUT2D eigenvalue weighted by Gasteiger charge is -2.52. The molecule has 0 bridgehead atoms. The van der Waals surface area contributed by atoms with Gasteiger partial charge in [-0.25, -0.2) is 15.0 Å². The summed E-state index contributed by atoms with van der Waals surface area (Å²) in [6, 6.07) is 36.8. The van der Waals surface area contributed by atoms with Crippen LogP contribution in [0.4, 0.5) is 17.6 Å². The minimum atomic E-state index is 0.0980. The predicted octanol–water partition coefficient (Wildman–Crippen LogP) is 10.1. The molecule has 0 saturated heterocycles. The number of hydrogen-bond donors (Lipinski definition) is 3. The van der Waals surface area contributed by atoms with Gasteiger partial charge < -0.3 is 16.0 Å². The Morgan fingerprint density at radius 1 is 0.510 bits per heavy atom. The van der Waals surface area contributed by atoms with Crippen LogP contribution in [0.3, 0.4) is 0 Å². The van der Waals surface area contributed by atoms with E-state index in [1.807, 2.05) is 6.07 Å². The molecule has 7 nitrogen and oxygen atoms in total. The monoisotopic (exact) mass is 681 g/mol. The Hall–Kier alpha value is -4.78. The minimum absolute atomic E-state index is 0.0980. The SMILES string of the molecule is CC(C)CCc1nc(NCC(C)C)cc(C2[C@@H](c3ccccc3)C(c3cc(NCC(C)C)nc(NCc4ccccc4)n3)[C@@H]2c2ccccc2)n1. The molecule has 1 fully saturated rings. The molecule has 1 saturated carbocycles. The zero-order valence-electron chi connectivity index (χ0n) is 31.2. The summed E-state index contributed by atoms with van der Waals surface area (Å²) in [6.45, 7) is 15.8. The Morgan fingerprint density at radius 3 is 1.51 bits per heavy atom. The standard InChI is InChI=1S/C44H55N7/c1-29(2)22-23-37-48-35(24-38(50-37)45-26-30(3)4)42-40(33-18-12-8-13-19-33)43(41(42)34-20-14-9-15-21-34)36-25-39(46-27-31(5)6)51-44(49-36)47-28-32-16-10-7-11-17-32/h7-21,24-25,29-31,40-43H,22-23,26-28H2,1-6H3,(H,45,48,50)(H2,46,47,49,51)/t40-,41-,42?,43?/m1/s1. The molecule has 0 radical (unpaired) electrons. The molecule has 6 rings (SSSR count). The quantitative estimate of drug-likeness (QED) is 0.0955. The van der Waals surface area contributed by atoms with Gasteiger partial charge in [-0.2, -0.15) is 4.98 Å². The van der Waals surface area contributed by atoms with Crippen LogP contribution in [0, 0.1) is 17.8 Å². The minimum Gasteiger partial charge on any atom is -0.370 e. The largest absolute Gasteiger partial charge is 0.370 e. The van der Waals surface area contributed by atoms with Crippen molar-refractivity contribution in [2.45, 2.75) is 84.6 Å². The molecule has 7 heteroatoms. The number of aromatic nitrogens is 4. The van der Waals surface area contributed by atoms with Gasteiger partial charge in [0.25, 0.3) is 0 Å². The second-order valence-electron chi connectivity index (χ2n) is 15.3. The maximum Gasteiger partial charge on any atom is 0.225 e. The lowest BCUT2D eigenvalue weighted by atomic mass is 9.50. The van der Waals surface area contributed by atoms with Crippen LogP contribution in [0.2, 0.25) is 0 Å². The Kier molecular flexibility index (Phi) is 12.0. The third-order valence-corrected chi connectivity index (χ3v) is 9.76. The molecule has 2 atom stereocenters. The van der Waals surface area contributed by atoms with Crippen molar-refractivity contribution in [1.29, 1.82) is 0 Å². The molecule has 2 aromatic heterocycles. The molecule has 0 spiro atoms. The summed E-state index contributed by atoms with van der Waals surface area (Å²) in [5.74, 6) is 5.42. The molecule has 0 aliphatic heterocycles. The van der Waals surface area contributed by atoms with Gasteiger partial charge in [0, 0.05) is 61.9 Å². The highest BCUT2D eigenvalue weighted by atomic mass is 15.1. The second-order valence-corrected chi connectivity index (χ2v) is 15.3. The van der Waals surface area contributed by atoms with Crippen LogP contribution in [0.25, 0.3) is 0 Å². The summed E-state index contributed by atoms with van der Waals surface area (Å²) in [7, 11) is 0. The number of hydrogen-bond acceptors (Lipinski definition) is 7. The summed E-state index contributed by atoms with van der Waals surface area (Å²) >= 11 is 0. The number of aryl methyl sites for hydroxylation is 1. The molecule has 3 N–H and O–H groups in total. The van der Waals surface area contributed by atoms with E-state index in [1.54, 1.807) is 0 Å². The number of rotatable bonds is 16. The average molecular weight is 682 g/mol. The zero-order chi connectivity index (χ0) is 35.7. The van der Waals surface area contributed by atoms with Crippen LogP contribution in [0.1, 0.15) is 106 Å². The maximum absolute atomic E-state index is 5.37. The number of benzene rings is 3. The molecule has 3 aromatic carbocycles. The first-order valence-electron chi connectivity index (χ1n) is 18.9. The van der Waals surface area contributed by atoms with Crippen LogP contribution in [0.15, 0.2) is 103 Å². The van der Waals surface area contributed by atoms with Crippen molar-refractivity contribution in [3.63, 3.8) is 0 Å². The molecule has 1 aliphatic rings. The van der Waals surface area contributed by atoms with Gasteiger partial charge in [-0.05, 0) is 40.9 Å². The third kappa shape index (κ3) is 9.32. The number of anilines is 3. The highest BCUT2D eigenvalue weighted by molar-refractivity contribution is 5.51. The fourth-order valence-corrected chi connectivity index (χ4v) is 7.17. The normalized spacial score (nSPS) is 18.5. The molecule has 51 heavy (non-hydrogen) atoms. The molecule has 2 heterocycles. The maximum atomic E-state index is 5.37. The molecular weight excluding hydrogens is 627 g/mol. The van der Waals surface area contributed by atoms with Crippen molar-refractivity contribution in [3.8, 4) is 0 Å². The van der Waals surface area contributed by atoms with Crippen molar-refractivity contribution in [2.75, 3.05) is 29.0 Å². The first kappa shape index (κ1) is 36.0. The van der Waals surface area contributed by atoms with E-state index in [0.717, 1.165) is 54.8 Å². The Morgan fingerprint density at radius 2 is 1.00 bits per heavy atom. The van der Waals surface area contributed by atoms with Gasteiger partial charge in [0.05, 0.1) is 11.4 Å². The van der Waals surface area contributed by atoms with Crippen LogP contribution in [0.5, 0.6) is 0 Å². The highest BCUT2D eigenvalue weighted by Gasteiger charge is 2.54. The number of nitrogens with zero attached hydrogens (tertiary/aromatic N) is 4. The average Bonchev–Trinajstić information content (AvgIpc) is 3.12. The first-order valence-corrected chi connectivity index (χ1v) is 18.9. The fraction of sp³-hybridized carbons (Fsp3) is 0.409. The van der Waals surface area contributed by atoms with Crippen LogP contribution in [-0.2, 0) is 13.0 Å². The third-order valence-electron chi connectivity index (χ3n) is 9.76. The topological polar surface area (TPSA) is 87.7 Å². The van der Waals surface area contributed by atoms with E-state index in [-0.39, 0.29) is 23.7 Å². The summed E-state index contributed by atoms with van der Waals surface area (Å²) in [6.07, 6.45) is 1.91. The lowest BCUT2D eigenvalue weighted by molar-refractivity contribution is 0.219. The van der Waals surface area contributed by atoms with Gasteiger partial charge in [0.2, 0.25) is 5.95 Å². The van der Waals surface area contributed by atoms with E-state index in [9.17, 15) is 0 Å². The van der Waals surface area contributed by atoms with Crippen LogP contribution >= 0.6 is 0 Å². The summed E-state index contributed by atoms with van der Waals surface area (Å²) < 4.78 is 0. The Balaban J connectivity index is 1.47. The summed E-state index contributed by atoms with van der Waals surface area (Å²) in [4.78, 5) is 20.7. The summed E-state index contributed by atoms with van der Waals surface area (Å²) in [5, 5.41) is 10.8. The van der Waals surface area contributed by atoms with Crippen molar-refractivity contribution in [2.24, 2.45) is 17.8 Å². The van der Waals surface area contributed by atoms with E-state index in [1.165, 1.54) is 16.7 Å². The fourth-order valence-electron chi connectivity index (χ4n) is 7.17. The molecule has 1 aliphatic carbocycles. The summed E-state index contributed by atoms with van der Waals surface area (Å²) in [5.41, 5.74) is 5.93. The van der Waals surface area contributed by atoms with Crippen molar-refractivity contribution >= 4 is 17.6 Å². The van der Waals surface area contributed by atoms with E-state index in [0.29, 0.717) is 30.2 Å².